The zero-order valence-corrected chi connectivity index (χ0v) is 59.3. The van der Waals surface area contributed by atoms with E-state index in [2.05, 4.69) is 76.3 Å². The highest BCUT2D eigenvalue weighted by atomic mass is 16.6. The maximum Gasteiger partial charge on any atom is 0.306 e. The molecule has 12 nitrogen and oxygen atoms in total. The molecule has 0 aromatic rings. The van der Waals surface area contributed by atoms with Crippen molar-refractivity contribution in [3.05, 3.63) is 48.6 Å². The molecule has 0 aromatic heterocycles. The van der Waals surface area contributed by atoms with Gasteiger partial charge < -0.3 is 28.4 Å². The number of carbonyl (C=O) groups is 6. The molecule has 0 aromatic carbocycles. The second-order valence-electron chi connectivity index (χ2n) is 25.1. The van der Waals surface area contributed by atoms with Crippen molar-refractivity contribution in [2.45, 2.75) is 388 Å². The van der Waals surface area contributed by atoms with E-state index in [0.717, 1.165) is 128 Å². The predicted molar refractivity (Wildman–Crippen MR) is 374 cm³/mol. The number of esters is 6. The van der Waals surface area contributed by atoms with Crippen LogP contribution in [-0.2, 0) is 57.2 Å². The Labute approximate surface area is 553 Å². The van der Waals surface area contributed by atoms with Gasteiger partial charge in [-0.15, -0.1) is 0 Å². The first-order valence-corrected chi connectivity index (χ1v) is 37.6. The molecular weight excluding hydrogens is 1130 g/mol. The fourth-order valence-electron chi connectivity index (χ4n) is 10.4. The lowest BCUT2D eigenvalue weighted by atomic mass is 10.0. The van der Waals surface area contributed by atoms with Gasteiger partial charge in [-0.2, -0.15) is 0 Å². The molecule has 0 N–H and O–H groups in total. The van der Waals surface area contributed by atoms with Crippen LogP contribution < -0.4 is 0 Å². The molecule has 0 bridgehead atoms. The van der Waals surface area contributed by atoms with Gasteiger partial charge in [0.2, 0.25) is 0 Å². The molecule has 90 heavy (non-hydrogen) atoms. The molecule has 0 aliphatic carbocycles. The fourth-order valence-corrected chi connectivity index (χ4v) is 10.4. The molecule has 0 amide bonds. The van der Waals surface area contributed by atoms with E-state index in [1.165, 1.54) is 194 Å². The Balaban J connectivity index is 0. The third-order valence-corrected chi connectivity index (χ3v) is 16.0. The van der Waals surface area contributed by atoms with E-state index in [1.54, 1.807) is 0 Å². The summed E-state index contributed by atoms with van der Waals surface area (Å²) in [6, 6.07) is 0. The standard InChI is InChI=1S/2C39H70O6/c2*1-4-6-8-10-12-14-16-18-19-21-23-25-27-29-31-33-39(42)45-37(34-43-36(3)40)35-44-38(41)32-30-28-26-24-22-20-17-15-13-11-9-7-5-2/h2*12,14,18-19,37H,4-11,13,15-17,20-35H2,1-3H3/b2*14-12-,19-18-. The third-order valence-electron chi connectivity index (χ3n) is 16.0. The Bertz CT molecular complexity index is 1610. The van der Waals surface area contributed by atoms with E-state index in [-0.39, 0.29) is 50.3 Å². The highest BCUT2D eigenvalue weighted by molar-refractivity contribution is 5.71. The smallest absolute Gasteiger partial charge is 0.306 e. The maximum absolute atomic E-state index is 12.4. The molecule has 0 saturated heterocycles. The van der Waals surface area contributed by atoms with Gasteiger partial charge in [0.05, 0.1) is 0 Å². The Hall–Kier alpha value is -4.22. The van der Waals surface area contributed by atoms with Crippen molar-refractivity contribution >= 4 is 35.8 Å². The van der Waals surface area contributed by atoms with Crippen LogP contribution in [0, 0.1) is 0 Å². The van der Waals surface area contributed by atoms with Crippen molar-refractivity contribution in [1.29, 1.82) is 0 Å². The van der Waals surface area contributed by atoms with Crippen LogP contribution in [0.4, 0.5) is 0 Å². The van der Waals surface area contributed by atoms with Crippen LogP contribution in [0.3, 0.4) is 0 Å². The van der Waals surface area contributed by atoms with Crippen LogP contribution in [-0.4, -0.2) is 74.5 Å². The minimum Gasteiger partial charge on any atom is -0.462 e. The lowest BCUT2D eigenvalue weighted by molar-refractivity contribution is -0.166. The van der Waals surface area contributed by atoms with Gasteiger partial charge in [0, 0.05) is 39.5 Å². The van der Waals surface area contributed by atoms with Gasteiger partial charge in [0.25, 0.3) is 0 Å². The summed E-state index contributed by atoms with van der Waals surface area (Å²) < 4.78 is 31.8. The van der Waals surface area contributed by atoms with Gasteiger partial charge >= 0.3 is 35.8 Å². The molecule has 0 spiro atoms. The van der Waals surface area contributed by atoms with Gasteiger partial charge in [-0.05, 0) is 89.9 Å². The second kappa shape index (κ2) is 73.8. The SMILES string of the molecule is CCCCC/C=C\C/C=C\CCCCCCCC(=O)OC(COC(C)=O)COC(=O)CCCCCCCCCCCCCCC.CCCCC/C=C\C/C=C\CCCCCCCC(=O)OC(COC(C)=O)COC(=O)CCCCCCCCCCCCCCC. The summed E-state index contributed by atoms with van der Waals surface area (Å²) in [6.07, 6.45) is 75.2. The average Bonchev–Trinajstić information content (AvgIpc) is 3.73. The Morgan fingerprint density at radius 1 is 0.244 bits per heavy atom. The summed E-state index contributed by atoms with van der Waals surface area (Å²) in [5, 5.41) is 0. The summed E-state index contributed by atoms with van der Waals surface area (Å²) in [7, 11) is 0. The van der Waals surface area contributed by atoms with Crippen LogP contribution in [0.15, 0.2) is 48.6 Å². The molecule has 0 radical (unpaired) electrons. The van der Waals surface area contributed by atoms with Gasteiger partial charge in [0.15, 0.2) is 12.2 Å². The first-order chi connectivity index (χ1) is 44.0. The monoisotopic (exact) mass is 1270 g/mol. The van der Waals surface area contributed by atoms with Crippen LogP contribution in [0.25, 0.3) is 0 Å². The Kier molecular flexibility index (Phi) is 72.1. The first kappa shape index (κ1) is 87.8. The molecule has 2 unspecified atom stereocenters. The molecule has 2 atom stereocenters. The lowest BCUT2D eigenvalue weighted by Crippen LogP contribution is -2.30. The Morgan fingerprint density at radius 3 is 0.700 bits per heavy atom. The van der Waals surface area contributed by atoms with Crippen LogP contribution in [0.5, 0.6) is 0 Å². The molecule has 0 rings (SSSR count). The molecule has 0 saturated carbocycles. The molecule has 0 heterocycles. The largest absolute Gasteiger partial charge is 0.462 e. The van der Waals surface area contributed by atoms with Gasteiger partial charge in [-0.25, -0.2) is 0 Å². The van der Waals surface area contributed by atoms with Crippen molar-refractivity contribution in [2.24, 2.45) is 0 Å². The van der Waals surface area contributed by atoms with Crippen LogP contribution in [0.2, 0.25) is 0 Å². The summed E-state index contributed by atoms with van der Waals surface area (Å²) in [6.45, 7) is 11.2. The van der Waals surface area contributed by atoms with Gasteiger partial charge in [-0.1, -0.05) is 295 Å². The molecule has 0 aliphatic heterocycles. The van der Waals surface area contributed by atoms with Crippen molar-refractivity contribution in [3.63, 3.8) is 0 Å². The molecular formula is C78H140O12. The highest BCUT2D eigenvalue weighted by Crippen LogP contribution is 2.17. The Morgan fingerprint density at radius 2 is 0.444 bits per heavy atom. The number of unbranched alkanes of at least 4 members (excludes halogenated alkanes) is 40. The second-order valence-corrected chi connectivity index (χ2v) is 25.1. The van der Waals surface area contributed by atoms with E-state index in [4.69, 9.17) is 28.4 Å². The summed E-state index contributed by atoms with van der Waals surface area (Å²) in [5.74, 6) is -2.19. The summed E-state index contributed by atoms with van der Waals surface area (Å²) >= 11 is 0. The number of hydrogen-bond donors (Lipinski definition) is 0. The van der Waals surface area contributed by atoms with E-state index in [0.29, 0.717) is 25.7 Å². The molecule has 0 fully saturated rings. The molecule has 524 valence electrons. The van der Waals surface area contributed by atoms with Crippen LogP contribution >= 0.6 is 0 Å². The molecule has 12 heteroatoms. The topological polar surface area (TPSA) is 158 Å². The van der Waals surface area contributed by atoms with Crippen molar-refractivity contribution < 1.29 is 57.2 Å². The summed E-state index contributed by atoms with van der Waals surface area (Å²) in [4.78, 5) is 71.7. The van der Waals surface area contributed by atoms with Crippen molar-refractivity contribution in [3.8, 4) is 0 Å². The zero-order chi connectivity index (χ0) is 66.1. The van der Waals surface area contributed by atoms with E-state index in [1.807, 2.05) is 0 Å². The summed E-state index contributed by atoms with van der Waals surface area (Å²) in [5.41, 5.74) is 0. The van der Waals surface area contributed by atoms with Crippen molar-refractivity contribution in [2.75, 3.05) is 26.4 Å². The minimum absolute atomic E-state index is 0.0849. The number of ether oxygens (including phenoxy) is 6. The lowest BCUT2D eigenvalue weighted by Gasteiger charge is -2.17. The maximum atomic E-state index is 12.4. The number of rotatable bonds is 66. The number of allylic oxidation sites excluding steroid dienone is 8. The van der Waals surface area contributed by atoms with E-state index < -0.39 is 24.1 Å². The first-order valence-electron chi connectivity index (χ1n) is 37.6. The van der Waals surface area contributed by atoms with Crippen LogP contribution in [0.1, 0.15) is 375 Å². The number of hydrogen-bond acceptors (Lipinski definition) is 12. The van der Waals surface area contributed by atoms with E-state index in [9.17, 15) is 28.8 Å². The fraction of sp³-hybridized carbons (Fsp3) is 0.821. The van der Waals surface area contributed by atoms with Gasteiger partial charge in [-0.3, -0.25) is 28.8 Å². The third kappa shape index (κ3) is 74.5. The van der Waals surface area contributed by atoms with Crippen molar-refractivity contribution in [1.82, 2.24) is 0 Å². The zero-order valence-electron chi connectivity index (χ0n) is 59.3. The predicted octanol–water partition coefficient (Wildman–Crippen LogP) is 22.6. The number of carbonyl (C=O) groups excluding carboxylic acids is 6. The molecule has 0 aliphatic rings. The highest BCUT2D eigenvalue weighted by Gasteiger charge is 2.20. The average molecular weight is 1270 g/mol. The quantitative estimate of drug-likeness (QED) is 0.0246. The minimum atomic E-state index is -0.769. The van der Waals surface area contributed by atoms with Gasteiger partial charge in [0.1, 0.15) is 26.4 Å². The van der Waals surface area contributed by atoms with E-state index >= 15 is 0 Å². The normalized spacial score (nSPS) is 12.2.